The van der Waals surface area contributed by atoms with E-state index in [1.54, 1.807) is 43.6 Å². The third-order valence-electron chi connectivity index (χ3n) is 4.64. The minimum absolute atomic E-state index is 0.274. The number of aromatic nitrogens is 1. The molecular weight excluding hydrogens is 400 g/mol. The van der Waals surface area contributed by atoms with Gasteiger partial charge in [0.15, 0.2) is 0 Å². The Kier molecular flexibility index (Phi) is 5.81. The third-order valence-corrected chi connectivity index (χ3v) is 5.41. The molecule has 0 radical (unpaired) electrons. The second-order valence-corrected chi connectivity index (χ2v) is 7.53. The normalized spacial score (nSPS) is 10.9. The minimum Gasteiger partial charge on any atom is -0.497 e. The fourth-order valence-electron chi connectivity index (χ4n) is 3.13. The van der Waals surface area contributed by atoms with Crippen LogP contribution in [0, 0.1) is 0 Å². The SMILES string of the molecule is COc1ccc2c(Oc3ccc(N(Cc4ccccc4)[SH](=O)=O)cc3)ccnc2c1. The van der Waals surface area contributed by atoms with Crippen LogP contribution >= 0.6 is 0 Å². The summed E-state index contributed by atoms with van der Waals surface area (Å²) in [6, 6.07) is 23.8. The molecule has 30 heavy (non-hydrogen) atoms. The Morgan fingerprint density at radius 3 is 2.33 bits per heavy atom. The first-order valence-electron chi connectivity index (χ1n) is 9.30. The molecule has 0 atom stereocenters. The molecule has 0 fully saturated rings. The number of hydrogen-bond donors (Lipinski definition) is 1. The standard InChI is InChI=1S/C23H20N2O4S/c1-28-20-11-12-21-22(15-20)24-14-13-23(21)29-19-9-7-18(8-10-19)25(30(26)27)16-17-5-3-2-4-6-17/h2-15,30H,16H2,1H3. The summed E-state index contributed by atoms with van der Waals surface area (Å²) >= 11 is 0. The zero-order valence-electron chi connectivity index (χ0n) is 16.3. The second-order valence-electron chi connectivity index (χ2n) is 6.57. The van der Waals surface area contributed by atoms with Crippen LogP contribution in [0.2, 0.25) is 0 Å². The van der Waals surface area contributed by atoms with Crippen LogP contribution in [0.5, 0.6) is 17.2 Å². The summed E-state index contributed by atoms with van der Waals surface area (Å²) in [5, 5.41) is 0.857. The molecule has 0 bridgehead atoms. The van der Waals surface area contributed by atoms with Crippen molar-refractivity contribution in [3.63, 3.8) is 0 Å². The van der Waals surface area contributed by atoms with E-state index >= 15 is 0 Å². The Morgan fingerprint density at radius 2 is 1.63 bits per heavy atom. The Morgan fingerprint density at radius 1 is 0.900 bits per heavy atom. The van der Waals surface area contributed by atoms with Gasteiger partial charge in [-0.2, -0.15) is 0 Å². The van der Waals surface area contributed by atoms with E-state index in [4.69, 9.17) is 9.47 Å². The van der Waals surface area contributed by atoms with E-state index in [9.17, 15) is 8.42 Å². The van der Waals surface area contributed by atoms with Crippen LogP contribution in [-0.2, 0) is 17.4 Å². The average Bonchev–Trinajstić information content (AvgIpc) is 2.78. The van der Waals surface area contributed by atoms with Gasteiger partial charge >= 0.3 is 0 Å². The molecule has 0 unspecified atom stereocenters. The fraction of sp³-hybridized carbons (Fsp3) is 0.0870. The van der Waals surface area contributed by atoms with Gasteiger partial charge in [-0.1, -0.05) is 30.3 Å². The quantitative estimate of drug-likeness (QED) is 0.444. The highest BCUT2D eigenvalue weighted by Crippen LogP contribution is 2.31. The summed E-state index contributed by atoms with van der Waals surface area (Å²) in [5.41, 5.74) is 2.25. The van der Waals surface area contributed by atoms with E-state index in [2.05, 4.69) is 4.98 Å². The molecule has 1 aromatic heterocycles. The summed E-state index contributed by atoms with van der Waals surface area (Å²) in [7, 11) is -1.17. The number of hydrogen-bond acceptors (Lipinski definition) is 5. The minimum atomic E-state index is -2.78. The lowest BCUT2D eigenvalue weighted by Crippen LogP contribution is -2.20. The van der Waals surface area contributed by atoms with Crippen molar-refractivity contribution < 1.29 is 17.9 Å². The molecule has 1 heterocycles. The number of fused-ring (bicyclic) bond motifs is 1. The highest BCUT2D eigenvalue weighted by Gasteiger charge is 2.11. The lowest BCUT2D eigenvalue weighted by molar-refractivity contribution is 0.415. The molecule has 3 aromatic carbocycles. The number of pyridine rings is 1. The zero-order valence-corrected chi connectivity index (χ0v) is 17.2. The summed E-state index contributed by atoms with van der Waals surface area (Å²) in [6.07, 6.45) is 1.68. The molecule has 0 aliphatic carbocycles. The number of benzene rings is 3. The van der Waals surface area contributed by atoms with E-state index in [0.717, 1.165) is 22.2 Å². The number of ether oxygens (including phenoxy) is 2. The van der Waals surface area contributed by atoms with Crippen LogP contribution in [0.4, 0.5) is 5.69 Å². The monoisotopic (exact) mass is 420 g/mol. The first-order valence-corrected chi connectivity index (χ1v) is 10.4. The molecule has 0 aliphatic heterocycles. The maximum Gasteiger partial charge on any atom is 0.225 e. The van der Waals surface area contributed by atoms with Crippen molar-refractivity contribution in [3.8, 4) is 17.2 Å². The maximum absolute atomic E-state index is 11.8. The van der Waals surface area contributed by atoms with Crippen LogP contribution in [0.1, 0.15) is 5.56 Å². The summed E-state index contributed by atoms with van der Waals surface area (Å²) in [4.78, 5) is 4.35. The molecule has 0 spiro atoms. The molecule has 0 amide bonds. The van der Waals surface area contributed by atoms with Gasteiger partial charge in [0.05, 0.1) is 24.9 Å². The van der Waals surface area contributed by atoms with Crippen LogP contribution in [0.3, 0.4) is 0 Å². The first-order chi connectivity index (χ1) is 14.6. The predicted octanol–water partition coefficient (Wildman–Crippen LogP) is 4.57. The molecule has 0 aliphatic rings. The topological polar surface area (TPSA) is 68.7 Å². The smallest absolute Gasteiger partial charge is 0.225 e. The van der Waals surface area contributed by atoms with Crippen LogP contribution in [0.25, 0.3) is 10.9 Å². The number of thiol groups is 1. The van der Waals surface area contributed by atoms with Gasteiger partial charge in [0.1, 0.15) is 17.2 Å². The number of rotatable bonds is 7. The van der Waals surface area contributed by atoms with Gasteiger partial charge in [-0.25, -0.2) is 8.42 Å². The van der Waals surface area contributed by atoms with Gasteiger partial charge in [0.2, 0.25) is 10.9 Å². The van der Waals surface area contributed by atoms with Gasteiger partial charge in [-0.3, -0.25) is 9.29 Å². The molecular formula is C23H20N2O4S. The van der Waals surface area contributed by atoms with Crippen molar-refractivity contribution in [2.24, 2.45) is 0 Å². The number of nitrogens with zero attached hydrogens (tertiary/aromatic N) is 2. The highest BCUT2D eigenvalue weighted by atomic mass is 32.2. The van der Waals surface area contributed by atoms with Gasteiger partial charge in [0.25, 0.3) is 0 Å². The van der Waals surface area contributed by atoms with Crippen LogP contribution < -0.4 is 13.8 Å². The highest BCUT2D eigenvalue weighted by molar-refractivity contribution is 7.74. The molecule has 0 N–H and O–H groups in total. The largest absolute Gasteiger partial charge is 0.497 e. The van der Waals surface area contributed by atoms with Crippen molar-refractivity contribution >= 4 is 27.5 Å². The fourth-order valence-corrected chi connectivity index (χ4v) is 3.73. The molecule has 7 heteroatoms. The average molecular weight is 420 g/mol. The maximum atomic E-state index is 11.8. The summed E-state index contributed by atoms with van der Waals surface area (Å²) in [5.74, 6) is 1.98. The molecule has 152 valence electrons. The summed E-state index contributed by atoms with van der Waals surface area (Å²) < 4.78 is 36.2. The molecule has 0 saturated carbocycles. The van der Waals surface area contributed by atoms with E-state index in [1.807, 2.05) is 48.5 Å². The van der Waals surface area contributed by atoms with Crippen molar-refractivity contribution in [3.05, 3.63) is 90.6 Å². The van der Waals surface area contributed by atoms with E-state index < -0.39 is 10.9 Å². The van der Waals surface area contributed by atoms with Crippen LogP contribution in [-0.4, -0.2) is 20.5 Å². The molecule has 6 nitrogen and oxygen atoms in total. The van der Waals surface area contributed by atoms with Crippen LogP contribution in [0.15, 0.2) is 85.1 Å². The van der Waals surface area contributed by atoms with Crippen molar-refractivity contribution in [2.45, 2.75) is 6.54 Å². The molecule has 0 saturated heterocycles. The predicted molar refractivity (Wildman–Crippen MR) is 118 cm³/mol. The van der Waals surface area contributed by atoms with E-state index in [-0.39, 0.29) is 6.54 Å². The first kappa shape index (κ1) is 19.7. The molecule has 4 aromatic rings. The van der Waals surface area contributed by atoms with Crippen molar-refractivity contribution in [2.75, 3.05) is 11.4 Å². The van der Waals surface area contributed by atoms with Crippen molar-refractivity contribution in [1.29, 1.82) is 0 Å². The Balaban J connectivity index is 1.57. The zero-order chi connectivity index (χ0) is 20.9. The Hall–Kier alpha value is -3.58. The van der Waals surface area contributed by atoms with Gasteiger partial charge in [-0.05, 0) is 48.0 Å². The molecule has 4 rings (SSSR count). The number of methoxy groups -OCH3 is 1. The van der Waals surface area contributed by atoms with Gasteiger partial charge < -0.3 is 9.47 Å². The summed E-state index contributed by atoms with van der Waals surface area (Å²) in [6.45, 7) is 0.274. The van der Waals surface area contributed by atoms with E-state index in [1.165, 1.54) is 4.31 Å². The van der Waals surface area contributed by atoms with Gasteiger partial charge in [-0.15, -0.1) is 0 Å². The van der Waals surface area contributed by atoms with Gasteiger partial charge in [0, 0.05) is 17.6 Å². The number of anilines is 1. The lowest BCUT2D eigenvalue weighted by atomic mass is 10.2. The Labute approximate surface area is 176 Å². The van der Waals surface area contributed by atoms with Crippen molar-refractivity contribution in [1.82, 2.24) is 4.98 Å². The van der Waals surface area contributed by atoms with E-state index in [0.29, 0.717) is 17.2 Å². The third kappa shape index (κ3) is 4.36. The Bertz CT molecular complexity index is 1220. The lowest BCUT2D eigenvalue weighted by Gasteiger charge is -2.18. The second kappa shape index (κ2) is 8.84.